The Labute approximate surface area is 104 Å². The molecule has 0 aromatic heterocycles. The SMILES string of the molecule is c1ccc(C2CC(=NC3CCCCC3)C2)cc1. The predicted molar refractivity (Wildman–Crippen MR) is 72.7 cm³/mol. The summed E-state index contributed by atoms with van der Waals surface area (Å²) in [5.41, 5.74) is 2.97. The molecular weight excluding hydrogens is 206 g/mol. The Morgan fingerprint density at radius 1 is 0.882 bits per heavy atom. The van der Waals surface area contributed by atoms with Gasteiger partial charge >= 0.3 is 0 Å². The molecule has 0 heterocycles. The van der Waals surface area contributed by atoms with Crippen LogP contribution < -0.4 is 0 Å². The van der Waals surface area contributed by atoms with Gasteiger partial charge in [-0.1, -0.05) is 49.6 Å². The van der Waals surface area contributed by atoms with E-state index in [1.165, 1.54) is 56.2 Å². The quantitative estimate of drug-likeness (QED) is 0.712. The summed E-state index contributed by atoms with van der Waals surface area (Å²) >= 11 is 0. The van der Waals surface area contributed by atoms with Crippen LogP contribution in [0.1, 0.15) is 56.4 Å². The second-order valence-electron chi connectivity index (χ2n) is 5.50. The number of hydrogen-bond donors (Lipinski definition) is 0. The summed E-state index contributed by atoms with van der Waals surface area (Å²) in [6.45, 7) is 0. The molecule has 0 radical (unpaired) electrons. The van der Waals surface area contributed by atoms with Crippen LogP contribution in [0, 0.1) is 0 Å². The largest absolute Gasteiger partial charge is 0.291 e. The Kier molecular flexibility index (Phi) is 3.26. The molecular formula is C16H21N. The van der Waals surface area contributed by atoms with Gasteiger partial charge in [0.05, 0.1) is 0 Å². The van der Waals surface area contributed by atoms with E-state index in [1.807, 2.05) is 0 Å². The molecule has 0 atom stereocenters. The maximum absolute atomic E-state index is 4.93. The summed E-state index contributed by atoms with van der Waals surface area (Å²) in [7, 11) is 0. The lowest BCUT2D eigenvalue weighted by molar-refractivity contribution is 0.439. The highest BCUT2D eigenvalue weighted by Crippen LogP contribution is 2.35. The Hall–Kier alpha value is -1.11. The van der Waals surface area contributed by atoms with Crippen LogP contribution in [0.25, 0.3) is 0 Å². The van der Waals surface area contributed by atoms with Gasteiger partial charge in [-0.2, -0.15) is 0 Å². The monoisotopic (exact) mass is 227 g/mol. The van der Waals surface area contributed by atoms with E-state index < -0.39 is 0 Å². The first-order valence-electron chi connectivity index (χ1n) is 7.02. The summed E-state index contributed by atoms with van der Waals surface area (Å²) in [5, 5.41) is 0. The maximum atomic E-state index is 4.93. The van der Waals surface area contributed by atoms with Gasteiger partial charge in [-0.05, 0) is 37.2 Å². The molecule has 2 fully saturated rings. The zero-order valence-electron chi connectivity index (χ0n) is 10.4. The van der Waals surface area contributed by atoms with E-state index in [9.17, 15) is 0 Å². The van der Waals surface area contributed by atoms with Crippen molar-refractivity contribution in [2.24, 2.45) is 4.99 Å². The molecule has 1 heteroatoms. The molecule has 0 spiro atoms. The van der Waals surface area contributed by atoms with Gasteiger partial charge < -0.3 is 0 Å². The lowest BCUT2D eigenvalue weighted by atomic mass is 9.78. The third-order valence-electron chi connectivity index (χ3n) is 4.17. The molecule has 0 N–H and O–H groups in total. The molecule has 0 aliphatic heterocycles. The summed E-state index contributed by atoms with van der Waals surface area (Å²) < 4.78 is 0. The molecule has 1 aromatic carbocycles. The summed E-state index contributed by atoms with van der Waals surface area (Å²) in [4.78, 5) is 4.93. The Bertz CT molecular complexity index is 379. The molecule has 0 bridgehead atoms. The van der Waals surface area contributed by atoms with Crippen molar-refractivity contribution in [1.29, 1.82) is 0 Å². The number of aliphatic imine (C=N–C) groups is 1. The van der Waals surface area contributed by atoms with Gasteiger partial charge in [0.1, 0.15) is 0 Å². The predicted octanol–water partition coefficient (Wildman–Crippen LogP) is 4.34. The molecule has 2 aliphatic rings. The van der Waals surface area contributed by atoms with E-state index in [2.05, 4.69) is 30.3 Å². The molecule has 0 amide bonds. The minimum Gasteiger partial charge on any atom is -0.291 e. The summed E-state index contributed by atoms with van der Waals surface area (Å²) in [6, 6.07) is 11.6. The zero-order chi connectivity index (χ0) is 11.5. The van der Waals surface area contributed by atoms with Gasteiger partial charge in [-0.15, -0.1) is 0 Å². The lowest BCUT2D eigenvalue weighted by Crippen LogP contribution is -2.24. The smallest absolute Gasteiger partial charge is 0.0499 e. The van der Waals surface area contributed by atoms with Crippen molar-refractivity contribution in [3.8, 4) is 0 Å². The van der Waals surface area contributed by atoms with E-state index in [4.69, 9.17) is 4.99 Å². The van der Waals surface area contributed by atoms with Crippen LogP contribution in [0.3, 0.4) is 0 Å². The first-order valence-corrected chi connectivity index (χ1v) is 7.02. The second-order valence-corrected chi connectivity index (χ2v) is 5.50. The van der Waals surface area contributed by atoms with Crippen molar-refractivity contribution in [1.82, 2.24) is 0 Å². The number of hydrogen-bond acceptors (Lipinski definition) is 1. The number of benzene rings is 1. The molecule has 90 valence electrons. The van der Waals surface area contributed by atoms with Crippen LogP contribution in [-0.2, 0) is 0 Å². The van der Waals surface area contributed by atoms with Gasteiger partial charge in [0.15, 0.2) is 0 Å². The van der Waals surface area contributed by atoms with Crippen molar-refractivity contribution in [3.63, 3.8) is 0 Å². The second kappa shape index (κ2) is 5.03. The van der Waals surface area contributed by atoms with E-state index >= 15 is 0 Å². The van der Waals surface area contributed by atoms with E-state index in [1.54, 1.807) is 0 Å². The van der Waals surface area contributed by atoms with Gasteiger partial charge in [-0.25, -0.2) is 0 Å². The van der Waals surface area contributed by atoms with E-state index in [0.29, 0.717) is 6.04 Å². The molecule has 2 saturated carbocycles. The average Bonchev–Trinajstić information content (AvgIpc) is 2.36. The third kappa shape index (κ3) is 2.59. The zero-order valence-corrected chi connectivity index (χ0v) is 10.4. The normalized spacial score (nSPS) is 25.4. The standard InChI is InChI=1S/C16H21N/c1-3-7-13(8-4-1)14-11-16(12-14)17-15-9-5-2-6-10-15/h1,3-4,7-8,14-15H,2,5-6,9-12H2. The van der Waals surface area contributed by atoms with Crippen LogP contribution in [-0.4, -0.2) is 11.8 Å². The van der Waals surface area contributed by atoms with Gasteiger partial charge in [0, 0.05) is 11.8 Å². The van der Waals surface area contributed by atoms with Crippen LogP contribution in [0.15, 0.2) is 35.3 Å². The Balaban J connectivity index is 1.55. The first-order chi connectivity index (χ1) is 8.42. The first kappa shape index (κ1) is 11.0. The fourth-order valence-corrected chi connectivity index (χ4v) is 3.04. The Morgan fingerprint density at radius 3 is 2.29 bits per heavy atom. The Morgan fingerprint density at radius 2 is 1.59 bits per heavy atom. The highest BCUT2D eigenvalue weighted by Gasteiger charge is 2.27. The molecule has 2 aliphatic carbocycles. The summed E-state index contributed by atoms with van der Waals surface area (Å²) in [5.74, 6) is 0.749. The fourth-order valence-electron chi connectivity index (χ4n) is 3.04. The molecule has 1 aromatic rings. The fraction of sp³-hybridized carbons (Fsp3) is 0.562. The number of rotatable bonds is 2. The van der Waals surface area contributed by atoms with Gasteiger partial charge in [0.25, 0.3) is 0 Å². The molecule has 17 heavy (non-hydrogen) atoms. The highest BCUT2D eigenvalue weighted by atomic mass is 14.8. The molecule has 0 unspecified atom stereocenters. The topological polar surface area (TPSA) is 12.4 Å². The van der Waals surface area contributed by atoms with Crippen molar-refractivity contribution in [3.05, 3.63) is 35.9 Å². The molecule has 1 nitrogen and oxygen atoms in total. The van der Waals surface area contributed by atoms with Gasteiger partial charge in [-0.3, -0.25) is 4.99 Å². The van der Waals surface area contributed by atoms with E-state index in [0.717, 1.165) is 5.92 Å². The third-order valence-corrected chi connectivity index (χ3v) is 4.17. The molecule has 0 saturated heterocycles. The minimum atomic E-state index is 0.662. The van der Waals surface area contributed by atoms with Crippen molar-refractivity contribution < 1.29 is 0 Å². The maximum Gasteiger partial charge on any atom is 0.0499 e. The van der Waals surface area contributed by atoms with Crippen molar-refractivity contribution >= 4 is 5.71 Å². The van der Waals surface area contributed by atoms with Crippen molar-refractivity contribution in [2.45, 2.75) is 56.9 Å². The van der Waals surface area contributed by atoms with Crippen LogP contribution in [0.2, 0.25) is 0 Å². The van der Waals surface area contributed by atoms with Crippen molar-refractivity contribution in [2.75, 3.05) is 0 Å². The molecule has 3 rings (SSSR count). The van der Waals surface area contributed by atoms with Crippen LogP contribution in [0.5, 0.6) is 0 Å². The average molecular weight is 227 g/mol. The number of nitrogens with zero attached hydrogens (tertiary/aromatic N) is 1. The van der Waals surface area contributed by atoms with Crippen LogP contribution >= 0.6 is 0 Å². The van der Waals surface area contributed by atoms with Gasteiger partial charge in [0.2, 0.25) is 0 Å². The van der Waals surface area contributed by atoms with E-state index in [-0.39, 0.29) is 0 Å². The van der Waals surface area contributed by atoms with Crippen LogP contribution in [0.4, 0.5) is 0 Å². The highest BCUT2D eigenvalue weighted by molar-refractivity contribution is 5.92. The minimum absolute atomic E-state index is 0.662. The summed E-state index contributed by atoms with van der Waals surface area (Å²) in [6.07, 6.45) is 9.29. The lowest BCUT2D eigenvalue weighted by Gasteiger charge is -2.30.